The number of aromatic nitrogens is 2. The molecule has 2 aromatic heterocycles. The van der Waals surface area contributed by atoms with Crippen LogP contribution in [0.2, 0.25) is 5.02 Å². The Morgan fingerprint density at radius 3 is 2.63 bits per heavy atom. The van der Waals surface area contributed by atoms with E-state index < -0.39 is 23.5 Å². The molecule has 0 aliphatic carbocycles. The van der Waals surface area contributed by atoms with Gasteiger partial charge in [0.25, 0.3) is 5.91 Å². The predicted molar refractivity (Wildman–Crippen MR) is 115 cm³/mol. The van der Waals surface area contributed by atoms with Gasteiger partial charge in [-0.2, -0.15) is 0 Å². The molecule has 1 N–H and O–H groups in total. The maximum atomic E-state index is 13.4. The molecule has 30 heavy (non-hydrogen) atoms. The van der Waals surface area contributed by atoms with E-state index in [0.29, 0.717) is 21.2 Å². The summed E-state index contributed by atoms with van der Waals surface area (Å²) in [5.41, 5.74) is 1.93. The van der Waals surface area contributed by atoms with Crippen LogP contribution in [0.25, 0.3) is 0 Å². The summed E-state index contributed by atoms with van der Waals surface area (Å²) in [7, 11) is 0. The normalized spacial score (nSPS) is 16.4. The summed E-state index contributed by atoms with van der Waals surface area (Å²) in [6.07, 6.45) is 3.28. The second kappa shape index (κ2) is 8.01. The lowest BCUT2D eigenvalue weighted by molar-refractivity contribution is -0.130. The summed E-state index contributed by atoms with van der Waals surface area (Å²) >= 11 is 7.68. The van der Waals surface area contributed by atoms with Crippen molar-refractivity contribution in [1.82, 2.24) is 14.9 Å². The van der Waals surface area contributed by atoms with Gasteiger partial charge in [0.2, 0.25) is 5.78 Å². The Hall–Kier alpha value is -3.03. The van der Waals surface area contributed by atoms with Gasteiger partial charge in [-0.05, 0) is 37.1 Å². The zero-order valence-electron chi connectivity index (χ0n) is 16.3. The number of thiazole rings is 1. The SMILES string of the molecule is Cc1nc(C)c(C(=O)C2=C(O)C(=O)N(Cc3cccnc3)C2c2ccccc2Cl)s1. The van der Waals surface area contributed by atoms with Crippen molar-refractivity contribution in [3.63, 3.8) is 0 Å². The van der Waals surface area contributed by atoms with Crippen LogP contribution in [-0.2, 0) is 11.3 Å². The van der Waals surface area contributed by atoms with Crippen LogP contribution in [-0.4, -0.2) is 31.7 Å². The van der Waals surface area contributed by atoms with Crippen LogP contribution >= 0.6 is 22.9 Å². The number of aryl methyl sites for hydroxylation is 2. The van der Waals surface area contributed by atoms with Crippen molar-refractivity contribution in [2.75, 3.05) is 0 Å². The molecule has 0 bridgehead atoms. The van der Waals surface area contributed by atoms with E-state index in [2.05, 4.69) is 9.97 Å². The molecule has 1 aliphatic rings. The molecule has 4 rings (SSSR count). The molecule has 1 atom stereocenters. The summed E-state index contributed by atoms with van der Waals surface area (Å²) in [6, 6.07) is 9.79. The van der Waals surface area contributed by atoms with E-state index in [4.69, 9.17) is 11.6 Å². The molecular formula is C22H18ClN3O3S. The zero-order chi connectivity index (χ0) is 21.4. The first kappa shape index (κ1) is 20.3. The minimum absolute atomic E-state index is 0.0174. The Balaban J connectivity index is 1.84. The van der Waals surface area contributed by atoms with Crippen LogP contribution in [0.15, 0.2) is 60.1 Å². The van der Waals surface area contributed by atoms with Crippen LogP contribution in [0, 0.1) is 13.8 Å². The van der Waals surface area contributed by atoms with Crippen molar-refractivity contribution in [2.24, 2.45) is 0 Å². The summed E-state index contributed by atoms with van der Waals surface area (Å²) in [4.78, 5) is 36.7. The highest BCUT2D eigenvalue weighted by Gasteiger charge is 2.45. The second-order valence-corrected chi connectivity index (χ2v) is 8.57. The van der Waals surface area contributed by atoms with Crippen molar-refractivity contribution in [2.45, 2.75) is 26.4 Å². The molecule has 0 spiro atoms. The number of pyridine rings is 1. The first-order valence-electron chi connectivity index (χ1n) is 9.24. The molecular weight excluding hydrogens is 422 g/mol. The first-order chi connectivity index (χ1) is 14.4. The Bertz CT molecular complexity index is 1170. The number of amides is 1. The van der Waals surface area contributed by atoms with Gasteiger partial charge in [-0.25, -0.2) is 4.98 Å². The largest absolute Gasteiger partial charge is 0.503 e. The number of aliphatic hydroxyl groups is 1. The van der Waals surface area contributed by atoms with Gasteiger partial charge in [0, 0.05) is 24.0 Å². The molecule has 0 radical (unpaired) electrons. The number of carbonyl (C=O) groups is 2. The van der Waals surface area contributed by atoms with Gasteiger partial charge in [0.05, 0.1) is 27.2 Å². The van der Waals surface area contributed by atoms with Gasteiger partial charge < -0.3 is 10.0 Å². The topological polar surface area (TPSA) is 83.4 Å². The Labute approximate surface area is 182 Å². The minimum Gasteiger partial charge on any atom is -0.503 e. The molecule has 0 saturated heterocycles. The molecule has 1 aromatic carbocycles. The van der Waals surface area contributed by atoms with E-state index in [1.165, 1.54) is 16.2 Å². The van der Waals surface area contributed by atoms with Gasteiger partial charge in [-0.1, -0.05) is 35.9 Å². The molecule has 0 saturated carbocycles. The van der Waals surface area contributed by atoms with E-state index in [1.54, 1.807) is 49.6 Å². The Morgan fingerprint density at radius 2 is 2.00 bits per heavy atom. The number of nitrogens with zero attached hydrogens (tertiary/aromatic N) is 3. The van der Waals surface area contributed by atoms with Crippen LogP contribution in [0.5, 0.6) is 0 Å². The summed E-state index contributed by atoms with van der Waals surface area (Å²) in [6.45, 7) is 3.72. The molecule has 1 aliphatic heterocycles. The number of aliphatic hydroxyl groups excluding tert-OH is 1. The van der Waals surface area contributed by atoms with Crippen molar-refractivity contribution in [3.05, 3.63) is 91.9 Å². The fourth-order valence-electron chi connectivity index (χ4n) is 3.62. The lowest BCUT2D eigenvalue weighted by Gasteiger charge is -2.27. The number of ketones is 1. The average molecular weight is 440 g/mol. The number of benzene rings is 1. The van der Waals surface area contributed by atoms with Crippen molar-refractivity contribution < 1.29 is 14.7 Å². The van der Waals surface area contributed by atoms with Crippen molar-refractivity contribution in [3.8, 4) is 0 Å². The molecule has 1 amide bonds. The van der Waals surface area contributed by atoms with E-state index in [0.717, 1.165) is 10.6 Å². The van der Waals surface area contributed by atoms with Crippen LogP contribution in [0.4, 0.5) is 0 Å². The molecule has 0 fully saturated rings. The quantitative estimate of drug-likeness (QED) is 0.588. The number of Topliss-reactive ketones (excluding diaryl/α,β-unsaturated/α-hetero) is 1. The third-order valence-corrected chi connectivity index (χ3v) is 6.35. The number of carbonyl (C=O) groups excluding carboxylic acids is 2. The van der Waals surface area contributed by atoms with Gasteiger partial charge in [0.1, 0.15) is 0 Å². The van der Waals surface area contributed by atoms with Gasteiger partial charge in [0.15, 0.2) is 5.76 Å². The fourth-order valence-corrected chi connectivity index (χ4v) is 4.73. The van der Waals surface area contributed by atoms with Crippen molar-refractivity contribution in [1.29, 1.82) is 0 Å². The Morgan fingerprint density at radius 1 is 1.23 bits per heavy atom. The standard InChI is InChI=1S/C22H18ClN3O3S/c1-12-21(30-13(2)25-12)19(27)17-18(15-7-3-4-8-16(15)23)26(22(29)20(17)28)11-14-6-5-9-24-10-14/h3-10,18,28H,11H2,1-2H3. The number of rotatable bonds is 5. The lowest BCUT2D eigenvalue weighted by Crippen LogP contribution is -2.31. The second-order valence-electron chi connectivity index (χ2n) is 6.96. The van der Waals surface area contributed by atoms with E-state index >= 15 is 0 Å². The molecule has 1 unspecified atom stereocenters. The van der Waals surface area contributed by atoms with Gasteiger partial charge in [-0.15, -0.1) is 11.3 Å². The van der Waals surface area contributed by atoms with E-state index in [1.807, 2.05) is 13.0 Å². The van der Waals surface area contributed by atoms with Crippen LogP contribution in [0.3, 0.4) is 0 Å². The third-order valence-electron chi connectivity index (χ3n) is 4.93. The smallest absolute Gasteiger partial charge is 0.290 e. The zero-order valence-corrected chi connectivity index (χ0v) is 17.9. The van der Waals surface area contributed by atoms with Crippen LogP contribution in [0.1, 0.15) is 37.5 Å². The first-order valence-corrected chi connectivity index (χ1v) is 10.4. The molecule has 152 valence electrons. The molecule has 6 nitrogen and oxygen atoms in total. The number of hydrogen-bond acceptors (Lipinski definition) is 6. The average Bonchev–Trinajstić information content (AvgIpc) is 3.19. The highest BCUT2D eigenvalue weighted by molar-refractivity contribution is 7.14. The highest BCUT2D eigenvalue weighted by atomic mass is 35.5. The molecule has 3 heterocycles. The van der Waals surface area contributed by atoms with Gasteiger partial charge >= 0.3 is 0 Å². The highest BCUT2D eigenvalue weighted by Crippen LogP contribution is 2.43. The van der Waals surface area contributed by atoms with Gasteiger partial charge in [-0.3, -0.25) is 14.6 Å². The Kier molecular flexibility index (Phi) is 5.40. The molecule has 8 heteroatoms. The minimum atomic E-state index is -0.819. The monoisotopic (exact) mass is 439 g/mol. The summed E-state index contributed by atoms with van der Waals surface area (Å²) < 4.78 is 0. The van der Waals surface area contributed by atoms with Crippen molar-refractivity contribution >= 4 is 34.6 Å². The maximum Gasteiger partial charge on any atom is 0.290 e. The predicted octanol–water partition coefficient (Wildman–Crippen LogP) is 4.59. The number of halogens is 1. The lowest BCUT2D eigenvalue weighted by atomic mass is 9.95. The maximum absolute atomic E-state index is 13.4. The van der Waals surface area contributed by atoms with Crippen LogP contribution < -0.4 is 0 Å². The number of hydrogen-bond donors (Lipinski definition) is 1. The van der Waals surface area contributed by atoms with E-state index in [-0.39, 0.29) is 12.1 Å². The molecule has 3 aromatic rings. The fraction of sp³-hybridized carbons (Fsp3) is 0.182. The van der Waals surface area contributed by atoms with E-state index in [9.17, 15) is 14.7 Å². The third kappa shape index (κ3) is 3.51. The summed E-state index contributed by atoms with van der Waals surface area (Å²) in [5, 5.41) is 11.9. The summed E-state index contributed by atoms with van der Waals surface area (Å²) in [5.74, 6) is -1.59.